The molecule has 4 heteroatoms. The van der Waals surface area contributed by atoms with Gasteiger partial charge in [0.25, 0.3) is 0 Å². The molecule has 1 aromatic carbocycles. The molecule has 1 N–H and O–H groups in total. The zero-order chi connectivity index (χ0) is 10.0. The number of phenols is 1. The van der Waals surface area contributed by atoms with Crippen LogP contribution in [0, 0.1) is 24.1 Å². The van der Waals surface area contributed by atoms with Gasteiger partial charge in [0.15, 0.2) is 17.3 Å². The third-order valence-electron chi connectivity index (χ3n) is 1.71. The normalized spacial score (nSPS) is 9.38. The Kier molecular flexibility index (Phi) is 2.38. The van der Waals surface area contributed by atoms with Crippen LogP contribution in [0.4, 0.5) is 4.39 Å². The molecule has 1 aromatic rings. The Morgan fingerprint density at radius 3 is 2.69 bits per heavy atom. The first kappa shape index (κ1) is 9.33. The van der Waals surface area contributed by atoms with Crippen LogP contribution in [-0.2, 0) is 0 Å². The number of nitriles is 1. The molecule has 0 saturated carbocycles. The van der Waals surface area contributed by atoms with E-state index in [1.165, 1.54) is 13.2 Å². The largest absolute Gasteiger partial charge is 0.504 e. The van der Waals surface area contributed by atoms with Gasteiger partial charge in [0.2, 0.25) is 0 Å². The van der Waals surface area contributed by atoms with Crippen molar-refractivity contribution >= 4 is 0 Å². The summed E-state index contributed by atoms with van der Waals surface area (Å²) in [6.45, 7) is 1.57. The van der Waals surface area contributed by atoms with Crippen LogP contribution in [-0.4, -0.2) is 12.2 Å². The number of nitrogens with zero attached hydrogens (tertiary/aromatic N) is 1. The Morgan fingerprint density at radius 1 is 1.62 bits per heavy atom. The van der Waals surface area contributed by atoms with E-state index in [-0.39, 0.29) is 17.1 Å². The van der Waals surface area contributed by atoms with Crippen LogP contribution in [0.15, 0.2) is 6.07 Å². The topological polar surface area (TPSA) is 53.2 Å². The smallest absolute Gasteiger partial charge is 0.198 e. The Hall–Kier alpha value is -1.76. The van der Waals surface area contributed by atoms with Gasteiger partial charge in [-0.1, -0.05) is 0 Å². The van der Waals surface area contributed by atoms with Gasteiger partial charge in [-0.3, -0.25) is 0 Å². The number of benzene rings is 1. The number of hydrogen-bond acceptors (Lipinski definition) is 3. The van der Waals surface area contributed by atoms with E-state index in [0.717, 1.165) is 0 Å². The number of halogens is 1. The number of aromatic hydroxyl groups is 1. The lowest BCUT2D eigenvalue weighted by molar-refractivity contribution is 0.349. The van der Waals surface area contributed by atoms with Crippen LogP contribution in [0.5, 0.6) is 11.5 Å². The van der Waals surface area contributed by atoms with Gasteiger partial charge in [-0.05, 0) is 18.6 Å². The van der Waals surface area contributed by atoms with Gasteiger partial charge in [-0.25, -0.2) is 4.39 Å². The van der Waals surface area contributed by atoms with E-state index in [1.807, 2.05) is 0 Å². The molecule has 0 heterocycles. The highest BCUT2D eigenvalue weighted by Crippen LogP contribution is 2.34. The average Bonchev–Trinajstić information content (AvgIpc) is 2.12. The molecule has 1 rings (SSSR count). The highest BCUT2D eigenvalue weighted by molar-refractivity contribution is 5.52. The fraction of sp³-hybridized carbons (Fsp3) is 0.222. The summed E-state index contributed by atoms with van der Waals surface area (Å²) in [5.74, 6) is -1.37. The van der Waals surface area contributed by atoms with Crippen molar-refractivity contribution in [2.24, 2.45) is 0 Å². The Bertz CT molecular complexity index is 382. The number of phenolic OH excluding ortho intramolecular Hbond substituents is 1. The fourth-order valence-corrected chi connectivity index (χ4v) is 1.02. The van der Waals surface area contributed by atoms with E-state index in [9.17, 15) is 9.50 Å². The average molecular weight is 181 g/mol. The molecule has 0 spiro atoms. The summed E-state index contributed by atoms with van der Waals surface area (Å²) >= 11 is 0. The van der Waals surface area contributed by atoms with Gasteiger partial charge in [-0.2, -0.15) is 5.26 Å². The lowest BCUT2D eigenvalue weighted by Crippen LogP contribution is -1.94. The molecule has 0 aliphatic heterocycles. The predicted octanol–water partition coefficient (Wildman–Crippen LogP) is 1.72. The van der Waals surface area contributed by atoms with Gasteiger partial charge in [0.1, 0.15) is 6.07 Å². The van der Waals surface area contributed by atoms with Crippen molar-refractivity contribution < 1.29 is 14.2 Å². The second kappa shape index (κ2) is 3.31. The first-order valence-electron chi connectivity index (χ1n) is 3.58. The molecule has 0 radical (unpaired) electrons. The van der Waals surface area contributed by atoms with Gasteiger partial charge in [0, 0.05) is 0 Å². The SMILES string of the molecule is COc1c(O)c(C)cc(C#N)c1F. The van der Waals surface area contributed by atoms with Crippen molar-refractivity contribution in [3.8, 4) is 17.6 Å². The summed E-state index contributed by atoms with van der Waals surface area (Å²) in [7, 11) is 1.23. The first-order valence-corrected chi connectivity index (χ1v) is 3.58. The van der Waals surface area contributed by atoms with E-state index in [0.29, 0.717) is 5.56 Å². The fourth-order valence-electron chi connectivity index (χ4n) is 1.02. The predicted molar refractivity (Wildman–Crippen MR) is 44.1 cm³/mol. The maximum atomic E-state index is 13.2. The molecule has 0 aromatic heterocycles. The molecule has 0 aliphatic rings. The first-order chi connectivity index (χ1) is 6.11. The molecule has 68 valence electrons. The Morgan fingerprint density at radius 2 is 2.23 bits per heavy atom. The summed E-state index contributed by atoms with van der Waals surface area (Å²) in [4.78, 5) is 0. The zero-order valence-electron chi connectivity index (χ0n) is 7.26. The Labute approximate surface area is 75.0 Å². The third kappa shape index (κ3) is 1.41. The molecule has 0 saturated heterocycles. The molecule has 0 aliphatic carbocycles. The summed E-state index contributed by atoms with van der Waals surface area (Å²) in [5.41, 5.74) is 0.280. The van der Waals surface area contributed by atoms with Crippen LogP contribution in [0.3, 0.4) is 0 Å². The molecule has 3 nitrogen and oxygen atoms in total. The number of ether oxygens (including phenoxy) is 1. The van der Waals surface area contributed by atoms with Crippen LogP contribution in [0.2, 0.25) is 0 Å². The van der Waals surface area contributed by atoms with Crippen LogP contribution < -0.4 is 4.74 Å². The molecular weight excluding hydrogens is 173 g/mol. The molecule has 0 amide bonds. The zero-order valence-corrected chi connectivity index (χ0v) is 7.26. The lowest BCUT2D eigenvalue weighted by atomic mass is 10.1. The number of rotatable bonds is 1. The monoisotopic (exact) mass is 181 g/mol. The van der Waals surface area contributed by atoms with Crippen LogP contribution >= 0.6 is 0 Å². The standard InChI is InChI=1S/C9H8FNO2/c1-5-3-6(4-11)7(10)9(13-2)8(5)12/h3,12H,1-2H3. The Balaban J connectivity index is 3.50. The summed E-state index contributed by atoms with van der Waals surface area (Å²) in [5, 5.41) is 17.9. The second-order valence-corrected chi connectivity index (χ2v) is 2.55. The molecule has 13 heavy (non-hydrogen) atoms. The van der Waals surface area contributed by atoms with Crippen molar-refractivity contribution in [2.45, 2.75) is 6.92 Å². The minimum absolute atomic E-state index is 0.132. The summed E-state index contributed by atoms with van der Waals surface area (Å²) < 4.78 is 17.8. The summed E-state index contributed by atoms with van der Waals surface area (Å²) in [6.07, 6.45) is 0. The maximum absolute atomic E-state index is 13.2. The van der Waals surface area contributed by atoms with Crippen molar-refractivity contribution in [2.75, 3.05) is 7.11 Å². The van der Waals surface area contributed by atoms with E-state index in [4.69, 9.17) is 5.26 Å². The number of hydrogen-bond donors (Lipinski definition) is 1. The van der Waals surface area contributed by atoms with Gasteiger partial charge < -0.3 is 9.84 Å². The van der Waals surface area contributed by atoms with E-state index in [1.54, 1.807) is 13.0 Å². The molecule has 0 unspecified atom stereocenters. The van der Waals surface area contributed by atoms with Crippen molar-refractivity contribution in [3.05, 3.63) is 23.0 Å². The number of aryl methyl sites for hydroxylation is 1. The highest BCUT2D eigenvalue weighted by Gasteiger charge is 2.15. The van der Waals surface area contributed by atoms with E-state index >= 15 is 0 Å². The lowest BCUT2D eigenvalue weighted by Gasteiger charge is -2.07. The highest BCUT2D eigenvalue weighted by atomic mass is 19.1. The van der Waals surface area contributed by atoms with Crippen molar-refractivity contribution in [1.29, 1.82) is 5.26 Å². The second-order valence-electron chi connectivity index (χ2n) is 2.55. The number of methoxy groups -OCH3 is 1. The molecule has 0 fully saturated rings. The van der Waals surface area contributed by atoms with Crippen LogP contribution in [0.1, 0.15) is 11.1 Å². The molecule has 0 atom stereocenters. The quantitative estimate of drug-likeness (QED) is 0.717. The van der Waals surface area contributed by atoms with Gasteiger partial charge >= 0.3 is 0 Å². The van der Waals surface area contributed by atoms with E-state index < -0.39 is 5.82 Å². The molecular formula is C9H8FNO2. The molecule has 0 bridgehead atoms. The van der Waals surface area contributed by atoms with Crippen LogP contribution in [0.25, 0.3) is 0 Å². The third-order valence-corrected chi connectivity index (χ3v) is 1.71. The maximum Gasteiger partial charge on any atom is 0.198 e. The minimum Gasteiger partial charge on any atom is -0.504 e. The van der Waals surface area contributed by atoms with Gasteiger partial charge in [0.05, 0.1) is 12.7 Å². The van der Waals surface area contributed by atoms with E-state index in [2.05, 4.69) is 4.74 Å². The summed E-state index contributed by atoms with van der Waals surface area (Å²) in [6, 6.07) is 2.94. The minimum atomic E-state index is -0.826. The van der Waals surface area contributed by atoms with Crippen molar-refractivity contribution in [3.63, 3.8) is 0 Å². The van der Waals surface area contributed by atoms with Gasteiger partial charge in [-0.15, -0.1) is 0 Å². The van der Waals surface area contributed by atoms with Crippen molar-refractivity contribution in [1.82, 2.24) is 0 Å².